The lowest BCUT2D eigenvalue weighted by Gasteiger charge is -2.23. The lowest BCUT2D eigenvalue weighted by Crippen LogP contribution is -2.45. The van der Waals surface area contributed by atoms with Crippen LogP contribution in [0.15, 0.2) is 36.5 Å². The number of unbranched alkanes of at least 4 members (excludes halogenated alkanes) is 22. The van der Waals surface area contributed by atoms with Gasteiger partial charge in [-0.2, -0.15) is 0 Å². The number of hydrogen-bond donors (Lipinski definition) is 4. The van der Waals surface area contributed by atoms with Gasteiger partial charge in [0.25, 0.3) is 0 Å². The molecule has 294 valence electrons. The zero-order valence-corrected chi connectivity index (χ0v) is 33.3. The van der Waals surface area contributed by atoms with Gasteiger partial charge in [0.2, 0.25) is 5.91 Å². The van der Waals surface area contributed by atoms with E-state index in [-0.39, 0.29) is 25.7 Å². The molecular weight excluding hydrogens is 647 g/mol. The molecule has 0 bridgehead atoms. The number of amides is 1. The summed E-state index contributed by atoms with van der Waals surface area (Å²) in [5, 5.41) is 13.6. The molecule has 0 rings (SSSR count). The second kappa shape index (κ2) is 37.5. The van der Waals surface area contributed by atoms with E-state index >= 15 is 0 Å². The first-order valence-electron chi connectivity index (χ1n) is 20.6. The number of aliphatic hydroxyl groups excluding tert-OH is 1. The van der Waals surface area contributed by atoms with Gasteiger partial charge in [-0.25, -0.2) is 4.57 Å². The largest absolute Gasteiger partial charge is 0.472 e. The molecule has 0 aliphatic carbocycles. The van der Waals surface area contributed by atoms with E-state index in [0.717, 1.165) is 51.4 Å². The van der Waals surface area contributed by atoms with Gasteiger partial charge in [0, 0.05) is 13.0 Å². The molecule has 0 aromatic heterocycles. The van der Waals surface area contributed by atoms with E-state index in [4.69, 9.17) is 14.8 Å². The van der Waals surface area contributed by atoms with Crippen LogP contribution >= 0.6 is 7.82 Å². The number of nitrogens with two attached hydrogens (primary N) is 1. The van der Waals surface area contributed by atoms with Crippen molar-refractivity contribution < 1.29 is 28.4 Å². The van der Waals surface area contributed by atoms with Crippen molar-refractivity contribution in [2.24, 2.45) is 5.73 Å². The highest BCUT2D eigenvalue weighted by Crippen LogP contribution is 2.43. The molecular formula is C41H79N2O6P. The van der Waals surface area contributed by atoms with Crippen LogP contribution in [0.3, 0.4) is 0 Å². The summed E-state index contributed by atoms with van der Waals surface area (Å²) in [6.07, 6.45) is 43.6. The zero-order valence-electron chi connectivity index (χ0n) is 32.4. The minimum Gasteiger partial charge on any atom is -0.387 e. The molecule has 0 aromatic rings. The molecule has 0 spiro atoms. The van der Waals surface area contributed by atoms with Crippen LogP contribution in [0.5, 0.6) is 0 Å². The average molecular weight is 727 g/mol. The summed E-state index contributed by atoms with van der Waals surface area (Å²) < 4.78 is 22.0. The molecule has 8 nitrogen and oxygen atoms in total. The van der Waals surface area contributed by atoms with Crippen molar-refractivity contribution in [3.05, 3.63) is 36.5 Å². The average Bonchev–Trinajstić information content (AvgIpc) is 3.10. The first-order valence-corrected chi connectivity index (χ1v) is 22.1. The molecule has 9 heteroatoms. The van der Waals surface area contributed by atoms with Gasteiger partial charge in [0.05, 0.1) is 25.4 Å². The molecule has 1 amide bonds. The highest BCUT2D eigenvalue weighted by atomic mass is 31.2. The Morgan fingerprint density at radius 2 is 1.08 bits per heavy atom. The Hall–Kier alpha value is -1.28. The molecule has 0 aliphatic rings. The topological polar surface area (TPSA) is 131 Å². The van der Waals surface area contributed by atoms with Crippen LogP contribution in [0.1, 0.15) is 187 Å². The van der Waals surface area contributed by atoms with Gasteiger partial charge in [0.15, 0.2) is 0 Å². The molecule has 0 heterocycles. The first kappa shape index (κ1) is 48.7. The van der Waals surface area contributed by atoms with E-state index in [1.807, 2.05) is 6.08 Å². The fourth-order valence-corrected chi connectivity index (χ4v) is 6.64. The molecule has 0 saturated heterocycles. The number of phosphoric acid groups is 1. The molecule has 0 aliphatic heterocycles. The zero-order chi connectivity index (χ0) is 36.8. The van der Waals surface area contributed by atoms with Crippen LogP contribution in [0.4, 0.5) is 0 Å². The Morgan fingerprint density at radius 1 is 0.660 bits per heavy atom. The van der Waals surface area contributed by atoms with Crippen molar-refractivity contribution in [1.82, 2.24) is 5.32 Å². The number of rotatable bonds is 38. The van der Waals surface area contributed by atoms with Gasteiger partial charge in [-0.05, 0) is 38.5 Å². The number of nitrogens with one attached hydrogen (secondary N) is 1. The Kier molecular flexibility index (Phi) is 36.5. The lowest BCUT2D eigenvalue weighted by molar-refractivity contribution is -0.123. The number of allylic oxidation sites excluding steroid dienone is 5. The third kappa shape index (κ3) is 35.1. The standard InChI is InChI=1S/C41H79N2O6P/c1-3-5-7-9-11-13-15-16-17-18-19-20-21-22-23-24-25-27-29-31-33-35-41(45)43-39(38-49-50(46,47)48-37-36-42)40(44)34-32-30-28-26-14-12-10-8-6-4-2/h6,8,14,26,32,34,39-40,44H,3-5,7,9-13,15-25,27-31,33,35-38,42H2,1-2H3,(H,43,45)(H,46,47)/b8-6+,26-14+,34-32+. The number of carbonyl (C=O) groups excluding carboxylic acids is 1. The van der Waals surface area contributed by atoms with Crippen molar-refractivity contribution in [2.75, 3.05) is 19.8 Å². The predicted molar refractivity (Wildman–Crippen MR) is 212 cm³/mol. The van der Waals surface area contributed by atoms with Crippen molar-refractivity contribution in [3.63, 3.8) is 0 Å². The SMILES string of the molecule is CC/C=C/CC/C=C/CC/C=C/C(O)C(COP(=O)(O)OCCN)NC(=O)CCCCCCCCCCCCCCCCCCCCCCC. The van der Waals surface area contributed by atoms with E-state index in [1.165, 1.54) is 116 Å². The highest BCUT2D eigenvalue weighted by Gasteiger charge is 2.26. The van der Waals surface area contributed by atoms with Gasteiger partial charge in [-0.3, -0.25) is 13.8 Å². The van der Waals surface area contributed by atoms with Gasteiger partial charge in [0.1, 0.15) is 0 Å². The normalized spacial score (nSPS) is 14.6. The van der Waals surface area contributed by atoms with E-state index in [1.54, 1.807) is 6.08 Å². The highest BCUT2D eigenvalue weighted by molar-refractivity contribution is 7.47. The van der Waals surface area contributed by atoms with Crippen LogP contribution in [0.25, 0.3) is 0 Å². The molecule has 3 atom stereocenters. The molecule has 0 fully saturated rings. The number of hydrogen-bond acceptors (Lipinski definition) is 6. The Morgan fingerprint density at radius 3 is 1.52 bits per heavy atom. The van der Waals surface area contributed by atoms with E-state index in [2.05, 4.69) is 43.5 Å². The maximum Gasteiger partial charge on any atom is 0.472 e. The van der Waals surface area contributed by atoms with Gasteiger partial charge in [-0.15, -0.1) is 0 Å². The van der Waals surface area contributed by atoms with Crippen LogP contribution in [-0.4, -0.2) is 47.8 Å². The Bertz CT molecular complexity index is 881. The van der Waals surface area contributed by atoms with Crippen molar-refractivity contribution in [2.45, 2.75) is 199 Å². The van der Waals surface area contributed by atoms with Gasteiger partial charge >= 0.3 is 7.82 Å². The summed E-state index contributed by atoms with van der Waals surface area (Å²) in [4.78, 5) is 22.6. The summed E-state index contributed by atoms with van der Waals surface area (Å²) in [7, 11) is -4.34. The number of aliphatic hydroxyl groups is 1. The van der Waals surface area contributed by atoms with Crippen LogP contribution in [0.2, 0.25) is 0 Å². The Balaban J connectivity index is 4.11. The summed E-state index contributed by atoms with van der Waals surface area (Å²) in [5.41, 5.74) is 5.35. The number of carbonyl (C=O) groups is 1. The second-order valence-electron chi connectivity index (χ2n) is 13.8. The van der Waals surface area contributed by atoms with Crippen LogP contribution < -0.4 is 11.1 Å². The minimum absolute atomic E-state index is 0.0723. The fraction of sp³-hybridized carbons (Fsp3) is 0.829. The maximum atomic E-state index is 12.7. The molecule has 3 unspecified atom stereocenters. The summed E-state index contributed by atoms with van der Waals surface area (Å²) >= 11 is 0. The van der Waals surface area contributed by atoms with Crippen LogP contribution in [0, 0.1) is 0 Å². The smallest absolute Gasteiger partial charge is 0.387 e. The molecule has 50 heavy (non-hydrogen) atoms. The Labute approximate surface area is 308 Å². The maximum absolute atomic E-state index is 12.7. The van der Waals surface area contributed by atoms with Crippen molar-refractivity contribution >= 4 is 13.7 Å². The summed E-state index contributed by atoms with van der Waals surface area (Å²) in [6.45, 7) is 3.98. The molecule has 0 radical (unpaired) electrons. The first-order chi connectivity index (χ1) is 24.4. The third-order valence-corrected chi connectivity index (χ3v) is 9.94. The van der Waals surface area contributed by atoms with E-state index in [9.17, 15) is 19.4 Å². The second-order valence-corrected chi connectivity index (χ2v) is 15.3. The monoisotopic (exact) mass is 727 g/mol. The summed E-state index contributed by atoms with van der Waals surface area (Å²) in [6, 6.07) is -0.878. The van der Waals surface area contributed by atoms with Crippen molar-refractivity contribution in [1.29, 1.82) is 0 Å². The van der Waals surface area contributed by atoms with Gasteiger partial charge in [-0.1, -0.05) is 179 Å². The minimum atomic E-state index is -4.34. The van der Waals surface area contributed by atoms with E-state index < -0.39 is 20.0 Å². The molecule has 5 N–H and O–H groups in total. The predicted octanol–water partition coefficient (Wildman–Crippen LogP) is 11.2. The van der Waals surface area contributed by atoms with Crippen molar-refractivity contribution in [3.8, 4) is 0 Å². The lowest BCUT2D eigenvalue weighted by atomic mass is 10.0. The van der Waals surface area contributed by atoms with E-state index in [0.29, 0.717) is 6.42 Å². The third-order valence-electron chi connectivity index (χ3n) is 8.96. The fourth-order valence-electron chi connectivity index (χ4n) is 5.88. The number of phosphoric ester groups is 1. The summed E-state index contributed by atoms with van der Waals surface area (Å²) in [5.74, 6) is -0.209. The van der Waals surface area contributed by atoms with Gasteiger partial charge < -0.3 is 21.1 Å². The van der Waals surface area contributed by atoms with Crippen LogP contribution in [-0.2, 0) is 18.4 Å². The molecule has 0 saturated carbocycles. The quantitative estimate of drug-likeness (QED) is 0.0283. The molecule has 0 aromatic carbocycles.